The van der Waals surface area contributed by atoms with Gasteiger partial charge in [-0.05, 0) is 55.3 Å². The molecule has 0 amide bonds. The van der Waals surface area contributed by atoms with Crippen molar-refractivity contribution in [3.63, 3.8) is 0 Å². The lowest BCUT2D eigenvalue weighted by molar-refractivity contribution is 0.226. The van der Waals surface area contributed by atoms with Gasteiger partial charge in [-0.25, -0.2) is 0 Å². The van der Waals surface area contributed by atoms with Crippen molar-refractivity contribution in [2.45, 2.75) is 32.1 Å². The van der Waals surface area contributed by atoms with Gasteiger partial charge >= 0.3 is 0 Å². The number of hydrogen-bond acceptors (Lipinski definition) is 0. The molecule has 1 heteroatoms. The fourth-order valence-electron chi connectivity index (χ4n) is 4.22. The van der Waals surface area contributed by atoms with Gasteiger partial charge in [0.2, 0.25) is 0 Å². The first-order chi connectivity index (χ1) is 5.82. The van der Waals surface area contributed by atoms with E-state index >= 15 is 0 Å². The molecular weight excluding hydrogens is 151 g/mol. The number of hydrogen-bond donors (Lipinski definition) is 0. The summed E-state index contributed by atoms with van der Waals surface area (Å²) in [4.78, 5) is 0. The first-order valence-electron chi connectivity index (χ1n) is 5.13. The maximum atomic E-state index is 12.3. The van der Waals surface area contributed by atoms with Gasteiger partial charge in [-0.1, -0.05) is 0 Å². The molecule has 0 aromatic carbocycles. The van der Waals surface area contributed by atoms with Crippen LogP contribution >= 0.6 is 0 Å². The van der Waals surface area contributed by atoms with Crippen molar-refractivity contribution in [1.29, 1.82) is 0 Å². The zero-order chi connectivity index (χ0) is 8.18. The molecule has 0 N–H and O–H groups in total. The minimum atomic E-state index is -0.323. The molecule has 4 saturated carbocycles. The fraction of sp³-hybridized carbons (Fsp3) is 0.909. The molecule has 0 aliphatic heterocycles. The van der Waals surface area contributed by atoms with E-state index in [0.29, 0.717) is 0 Å². The molecule has 12 heavy (non-hydrogen) atoms. The van der Waals surface area contributed by atoms with Crippen LogP contribution in [0.3, 0.4) is 0 Å². The summed E-state index contributed by atoms with van der Waals surface area (Å²) in [6, 6.07) is 0. The molecule has 0 nitrogen and oxygen atoms in total. The molecule has 2 radical (unpaired) electrons. The quantitative estimate of drug-likeness (QED) is 0.591. The molecule has 4 aliphatic rings. The van der Waals surface area contributed by atoms with Crippen molar-refractivity contribution in [2.75, 3.05) is 6.67 Å². The van der Waals surface area contributed by atoms with E-state index in [4.69, 9.17) is 0 Å². The Kier molecular flexibility index (Phi) is 1.37. The average molecular weight is 166 g/mol. The second kappa shape index (κ2) is 2.24. The first kappa shape index (κ1) is 7.34. The van der Waals surface area contributed by atoms with Crippen molar-refractivity contribution in [3.05, 3.63) is 6.42 Å². The summed E-state index contributed by atoms with van der Waals surface area (Å²) in [5.41, 5.74) is 0.252. The topological polar surface area (TPSA) is 0 Å². The van der Waals surface area contributed by atoms with Crippen molar-refractivity contribution in [1.82, 2.24) is 0 Å². The van der Waals surface area contributed by atoms with E-state index in [0.717, 1.165) is 17.8 Å². The van der Waals surface area contributed by atoms with Gasteiger partial charge < -0.3 is 0 Å². The predicted molar refractivity (Wildman–Crippen MR) is 45.2 cm³/mol. The van der Waals surface area contributed by atoms with Crippen LogP contribution in [-0.4, -0.2) is 6.67 Å². The summed E-state index contributed by atoms with van der Waals surface area (Å²) in [6.45, 7) is -0.323. The molecule has 0 saturated heterocycles. The maximum absolute atomic E-state index is 12.3. The largest absolute Gasteiger partial charge is 0.250 e. The summed E-state index contributed by atoms with van der Waals surface area (Å²) in [7, 11) is 0. The lowest BCUT2D eigenvalue weighted by atomic mass is 9.74. The van der Waals surface area contributed by atoms with Crippen LogP contribution in [0, 0.1) is 29.6 Å². The Morgan fingerprint density at radius 1 is 1.17 bits per heavy atom. The summed E-state index contributed by atoms with van der Waals surface area (Å²) < 4.78 is 12.3. The Labute approximate surface area is 73.5 Å². The molecule has 4 bridgehead atoms. The van der Waals surface area contributed by atoms with E-state index in [9.17, 15) is 4.39 Å². The van der Waals surface area contributed by atoms with Crippen LogP contribution in [0.25, 0.3) is 0 Å². The molecule has 0 aromatic heterocycles. The van der Waals surface area contributed by atoms with Crippen LogP contribution in [0.15, 0.2) is 0 Å². The normalized spacial score (nSPS) is 55.2. The van der Waals surface area contributed by atoms with Gasteiger partial charge in [-0.15, -0.1) is 0 Å². The van der Waals surface area contributed by atoms with Crippen LogP contribution in [0.5, 0.6) is 0 Å². The Morgan fingerprint density at radius 2 is 1.83 bits per heavy atom. The molecule has 66 valence electrons. The fourth-order valence-corrected chi connectivity index (χ4v) is 4.22. The van der Waals surface area contributed by atoms with Gasteiger partial charge in [0.1, 0.15) is 0 Å². The van der Waals surface area contributed by atoms with Crippen LogP contribution in [0.4, 0.5) is 4.39 Å². The second-order valence-corrected chi connectivity index (χ2v) is 5.01. The number of rotatable bonds is 2. The van der Waals surface area contributed by atoms with Gasteiger partial charge in [-0.2, -0.15) is 0 Å². The molecule has 4 fully saturated rings. The lowest BCUT2D eigenvalue weighted by Gasteiger charge is -2.31. The molecule has 0 spiro atoms. The molecule has 4 rings (SSSR count). The zero-order valence-electron chi connectivity index (χ0n) is 7.35. The minimum absolute atomic E-state index is 0.252. The summed E-state index contributed by atoms with van der Waals surface area (Å²) >= 11 is 0. The highest BCUT2D eigenvalue weighted by Crippen LogP contribution is 2.66. The van der Waals surface area contributed by atoms with Gasteiger partial charge in [0.05, 0.1) is 6.67 Å². The van der Waals surface area contributed by atoms with Crippen LogP contribution < -0.4 is 0 Å². The SMILES string of the molecule is FC[C]C12CC3CC(CC1C3)C2. The molecule has 0 heterocycles. The van der Waals surface area contributed by atoms with Gasteiger partial charge in [0.25, 0.3) is 0 Å². The first-order valence-corrected chi connectivity index (χ1v) is 5.13. The molecule has 4 aliphatic carbocycles. The second-order valence-electron chi connectivity index (χ2n) is 5.01. The number of alkyl halides is 1. The molecule has 2 atom stereocenters. The third kappa shape index (κ3) is 0.777. The van der Waals surface area contributed by atoms with E-state index in [1.54, 1.807) is 0 Å². The standard InChI is InChI=1S/C11H15F/c12-2-1-11-6-8-3-9(7-11)5-10(11)4-8/h8-10H,2-7H2. The Hall–Kier alpha value is -0.0700. The third-order valence-corrected chi connectivity index (χ3v) is 4.41. The zero-order valence-corrected chi connectivity index (χ0v) is 7.35. The number of halogens is 1. The van der Waals surface area contributed by atoms with Crippen LogP contribution in [-0.2, 0) is 0 Å². The van der Waals surface area contributed by atoms with Crippen molar-refractivity contribution in [2.24, 2.45) is 23.2 Å². The third-order valence-electron chi connectivity index (χ3n) is 4.41. The summed E-state index contributed by atoms with van der Waals surface area (Å²) in [6.07, 6.45) is 9.83. The van der Waals surface area contributed by atoms with Crippen molar-refractivity contribution < 1.29 is 4.39 Å². The smallest absolute Gasteiger partial charge is 0.0969 e. The lowest BCUT2D eigenvalue weighted by Crippen LogP contribution is -2.23. The van der Waals surface area contributed by atoms with E-state index in [1.165, 1.54) is 32.1 Å². The van der Waals surface area contributed by atoms with Crippen molar-refractivity contribution >= 4 is 0 Å². The van der Waals surface area contributed by atoms with E-state index in [2.05, 4.69) is 6.42 Å². The summed E-state index contributed by atoms with van der Waals surface area (Å²) in [5, 5.41) is 0. The average Bonchev–Trinajstić information content (AvgIpc) is 2.36. The van der Waals surface area contributed by atoms with Crippen LogP contribution in [0.1, 0.15) is 32.1 Å². The van der Waals surface area contributed by atoms with E-state index < -0.39 is 0 Å². The molecule has 2 unspecified atom stereocenters. The Morgan fingerprint density at radius 3 is 2.42 bits per heavy atom. The monoisotopic (exact) mass is 166 g/mol. The molecular formula is C11H15F. The highest BCUT2D eigenvalue weighted by Gasteiger charge is 2.57. The minimum Gasteiger partial charge on any atom is -0.250 e. The van der Waals surface area contributed by atoms with Gasteiger partial charge in [0.15, 0.2) is 0 Å². The van der Waals surface area contributed by atoms with Gasteiger partial charge in [-0.3, -0.25) is 4.39 Å². The maximum Gasteiger partial charge on any atom is 0.0969 e. The van der Waals surface area contributed by atoms with Gasteiger partial charge in [0, 0.05) is 6.42 Å². The summed E-state index contributed by atoms with van der Waals surface area (Å²) in [5.74, 6) is 2.68. The van der Waals surface area contributed by atoms with Crippen molar-refractivity contribution in [3.8, 4) is 0 Å². The molecule has 0 aromatic rings. The highest BCUT2D eigenvalue weighted by atomic mass is 19.1. The Balaban J connectivity index is 1.88. The predicted octanol–water partition coefficient (Wildman–Crippen LogP) is 2.86. The van der Waals surface area contributed by atoms with E-state index in [-0.39, 0.29) is 12.1 Å². The Bertz CT molecular complexity index is 185. The highest BCUT2D eigenvalue weighted by molar-refractivity contribution is 5.12. The van der Waals surface area contributed by atoms with Crippen LogP contribution in [0.2, 0.25) is 0 Å². The van der Waals surface area contributed by atoms with E-state index in [1.807, 2.05) is 0 Å².